The first-order valence-electron chi connectivity index (χ1n) is 21.3. The Labute approximate surface area is 368 Å². The zero-order chi connectivity index (χ0) is 43.6. The molecule has 1 N–H and O–H groups in total. The summed E-state index contributed by atoms with van der Waals surface area (Å²) in [6, 6.07) is 21.0. The molecule has 4 aliphatic rings. The van der Waals surface area contributed by atoms with Crippen molar-refractivity contribution in [3.8, 4) is 11.6 Å². The Morgan fingerprint density at radius 3 is 2.61 bits per heavy atom. The lowest BCUT2D eigenvalue weighted by Crippen LogP contribution is -2.49. The van der Waals surface area contributed by atoms with Gasteiger partial charge in [-0.25, -0.2) is 4.21 Å². The summed E-state index contributed by atoms with van der Waals surface area (Å²) in [5, 5.41) is 4.88. The number of nitrogens with one attached hydrogen (secondary N) is 1. The van der Waals surface area contributed by atoms with Gasteiger partial charge in [0, 0.05) is 61.8 Å². The van der Waals surface area contributed by atoms with Crippen LogP contribution in [0.4, 0.5) is 5.69 Å². The van der Waals surface area contributed by atoms with Crippen LogP contribution in [0.2, 0.25) is 5.02 Å². The van der Waals surface area contributed by atoms with E-state index in [-0.39, 0.29) is 52.5 Å². The number of hydrogen-bond acceptors (Lipinski definition) is 10. The molecule has 3 heterocycles. The third-order valence-electron chi connectivity index (χ3n) is 12.9. The molecule has 1 spiro atoms. The van der Waals surface area contributed by atoms with Gasteiger partial charge in [-0.2, -0.15) is 0 Å². The van der Waals surface area contributed by atoms with E-state index in [1.54, 1.807) is 45.4 Å². The van der Waals surface area contributed by atoms with Gasteiger partial charge in [-0.05, 0) is 103 Å². The molecule has 13 nitrogen and oxygen atoms in total. The van der Waals surface area contributed by atoms with E-state index in [4.69, 9.17) is 30.5 Å². The Morgan fingerprint density at radius 2 is 1.85 bits per heavy atom. The molecule has 0 saturated heterocycles. The van der Waals surface area contributed by atoms with Crippen LogP contribution in [0.15, 0.2) is 89.4 Å². The largest absolute Gasteiger partial charge is 0.490 e. The Kier molecular flexibility index (Phi) is 12.8. The smallest absolute Gasteiger partial charge is 0.306 e. The van der Waals surface area contributed by atoms with Crippen molar-refractivity contribution in [3.05, 3.63) is 118 Å². The van der Waals surface area contributed by atoms with E-state index in [1.807, 2.05) is 42.5 Å². The molecule has 3 aromatic carbocycles. The molecule has 2 bridgehead atoms. The number of nitrogens with zero attached hydrogens (tertiary/aromatic N) is 4. The summed E-state index contributed by atoms with van der Waals surface area (Å²) in [5.41, 5.74) is 4.05. The normalized spacial score (nSPS) is 27.6. The Balaban J connectivity index is 1.20. The highest BCUT2D eigenvalue weighted by Crippen LogP contribution is 2.47. The number of rotatable bonds is 8. The first kappa shape index (κ1) is 43.5. The third kappa shape index (κ3) is 9.28. The third-order valence-corrected chi connectivity index (χ3v) is 15.1. The van der Waals surface area contributed by atoms with Crippen molar-refractivity contribution in [2.75, 3.05) is 44.6 Å². The molecule has 1 fully saturated rings. The number of anilines is 1. The number of aryl methyl sites for hydroxylation is 3. The van der Waals surface area contributed by atoms with Crippen molar-refractivity contribution >= 4 is 45.0 Å². The van der Waals surface area contributed by atoms with Gasteiger partial charge in [0.05, 0.1) is 31.3 Å². The number of carbonyl (C=O) groups excluding carboxylic acids is 3. The first-order valence-corrected chi connectivity index (χ1v) is 23.4. The molecular formula is C47H54ClN5O8S. The lowest BCUT2D eigenvalue weighted by Gasteiger charge is -2.46. The summed E-state index contributed by atoms with van der Waals surface area (Å²) in [7, 11) is 0.777. The van der Waals surface area contributed by atoms with Crippen LogP contribution in [0.3, 0.4) is 0 Å². The highest BCUT2D eigenvalue weighted by atomic mass is 35.5. The minimum Gasteiger partial charge on any atom is -0.490 e. The molecule has 8 rings (SSSR count). The summed E-state index contributed by atoms with van der Waals surface area (Å²) >= 11 is 6.50. The van der Waals surface area contributed by atoms with Gasteiger partial charge in [-0.15, -0.1) is 9.46 Å². The first-order chi connectivity index (χ1) is 29.9. The SMILES string of the molecule is COc1nn(C)cc1C(=O)NS1(=O)=NC(=O)c2ccc3c(c2)N(C[C@@H]2CC[C@H]2[C@@H](OC)/C=C/C(OC(=O)CCc2ccccc2)[C@H](C)C1)C[C@@]1(CCCc2cc(Cl)ccc21)CO3. The fraction of sp³-hybridized carbons (Fsp3) is 0.447. The number of carbonyl (C=O) groups is 3. The molecule has 2 amide bonds. The summed E-state index contributed by atoms with van der Waals surface area (Å²) < 4.78 is 47.8. The van der Waals surface area contributed by atoms with Crippen LogP contribution in [-0.2, 0) is 49.5 Å². The summed E-state index contributed by atoms with van der Waals surface area (Å²) in [6.45, 7) is 3.51. The lowest BCUT2D eigenvalue weighted by atomic mass is 9.68. The van der Waals surface area contributed by atoms with Crippen molar-refractivity contribution in [1.82, 2.24) is 14.5 Å². The van der Waals surface area contributed by atoms with Crippen molar-refractivity contribution in [2.45, 2.75) is 69.5 Å². The Hall–Kier alpha value is -5.18. The van der Waals surface area contributed by atoms with E-state index < -0.39 is 39.7 Å². The molecule has 0 radical (unpaired) electrons. The van der Waals surface area contributed by atoms with Crippen LogP contribution in [0, 0.1) is 17.8 Å². The zero-order valence-electron chi connectivity index (χ0n) is 35.6. The van der Waals surface area contributed by atoms with Crippen LogP contribution >= 0.6 is 11.6 Å². The highest BCUT2D eigenvalue weighted by Gasteiger charge is 2.44. The van der Waals surface area contributed by atoms with E-state index in [9.17, 15) is 14.4 Å². The number of methoxy groups -OCH3 is 2. The second-order valence-electron chi connectivity index (χ2n) is 17.2. The molecule has 2 aliphatic heterocycles. The number of aromatic nitrogens is 2. The van der Waals surface area contributed by atoms with Crippen LogP contribution in [0.25, 0.3) is 0 Å². The number of hydrogen-bond donors (Lipinski definition) is 1. The topological polar surface area (TPSA) is 151 Å². The maximum absolute atomic E-state index is 15.2. The predicted molar refractivity (Wildman–Crippen MR) is 237 cm³/mol. The number of ether oxygens (including phenoxy) is 4. The van der Waals surface area contributed by atoms with Crippen LogP contribution in [0.1, 0.15) is 76.4 Å². The van der Waals surface area contributed by atoms with Crippen molar-refractivity contribution in [3.63, 3.8) is 0 Å². The number of fused-ring (bicyclic) bond motifs is 4. The molecule has 1 saturated carbocycles. The maximum atomic E-state index is 15.2. The second kappa shape index (κ2) is 18.3. The molecule has 328 valence electrons. The van der Waals surface area contributed by atoms with E-state index in [1.165, 1.54) is 29.1 Å². The molecule has 62 heavy (non-hydrogen) atoms. The average molecular weight is 884 g/mol. The molecule has 7 atom stereocenters. The van der Waals surface area contributed by atoms with Gasteiger partial charge in [0.1, 0.15) is 27.3 Å². The number of halogens is 1. The quantitative estimate of drug-likeness (QED) is 0.141. The van der Waals surface area contributed by atoms with E-state index >= 15 is 4.21 Å². The minimum absolute atomic E-state index is 0.0141. The number of amides is 2. The molecule has 1 aromatic heterocycles. The van der Waals surface area contributed by atoms with Crippen LogP contribution < -0.4 is 19.1 Å². The predicted octanol–water partition coefficient (Wildman–Crippen LogP) is 7.30. The monoisotopic (exact) mass is 883 g/mol. The van der Waals surface area contributed by atoms with Gasteiger partial charge >= 0.3 is 5.97 Å². The van der Waals surface area contributed by atoms with Crippen molar-refractivity contribution in [1.29, 1.82) is 0 Å². The summed E-state index contributed by atoms with van der Waals surface area (Å²) in [6.07, 6.45) is 9.30. The fourth-order valence-corrected chi connectivity index (χ4v) is 11.6. The second-order valence-corrected chi connectivity index (χ2v) is 19.6. The van der Waals surface area contributed by atoms with Gasteiger partial charge in [0.25, 0.3) is 11.8 Å². The summed E-state index contributed by atoms with van der Waals surface area (Å²) in [5.74, 6) is -1.99. The molecule has 2 unspecified atom stereocenters. The zero-order valence-corrected chi connectivity index (χ0v) is 37.2. The van der Waals surface area contributed by atoms with Gasteiger partial charge in [0.2, 0.25) is 5.88 Å². The van der Waals surface area contributed by atoms with Gasteiger partial charge < -0.3 is 23.8 Å². The van der Waals surface area contributed by atoms with Crippen molar-refractivity contribution in [2.24, 2.45) is 29.2 Å². The minimum atomic E-state index is -3.91. The average Bonchev–Trinajstić information content (AvgIpc) is 3.57. The van der Waals surface area contributed by atoms with Gasteiger partial charge in [-0.1, -0.05) is 61.0 Å². The number of benzene rings is 3. The van der Waals surface area contributed by atoms with E-state index in [0.717, 1.165) is 43.4 Å². The van der Waals surface area contributed by atoms with Crippen LogP contribution in [0.5, 0.6) is 11.6 Å². The van der Waals surface area contributed by atoms with E-state index in [0.29, 0.717) is 36.9 Å². The van der Waals surface area contributed by atoms with Gasteiger partial charge in [-0.3, -0.25) is 23.8 Å². The Morgan fingerprint density at radius 1 is 1.05 bits per heavy atom. The molecule has 4 aromatic rings. The lowest BCUT2D eigenvalue weighted by molar-refractivity contribution is -0.148. The molecular weight excluding hydrogens is 830 g/mol. The summed E-state index contributed by atoms with van der Waals surface area (Å²) in [4.78, 5) is 44.1. The standard InChI is InChI=1S/C47H54ClN5O8S/c1-30-27-62(57,51-45(56)37-26-52(2)49-46(37)59-4)50-44(55)33-14-18-42-39(24-33)53(28-47(29-60-42)22-8-11-32-23-35(48)15-17-38(32)47)25-34-13-16-36(34)41(58-3)20-19-40(30)61-43(54)21-12-31-9-6-5-7-10-31/h5-7,9-10,14-15,17-20,23-24,26,30,34,36,40-41H,8,11-13,16,21-22,25,27-29H2,1-4H3,(H,50,51,55,56,57)/b20-19+/t30-,34+,36-,40?,41+,47+,62?/m1/s1. The van der Waals surface area contributed by atoms with Gasteiger partial charge in [0.15, 0.2) is 0 Å². The molecule has 2 aliphatic carbocycles. The van der Waals surface area contributed by atoms with Crippen molar-refractivity contribution < 1.29 is 37.5 Å². The molecule has 15 heteroatoms. The number of esters is 1. The fourth-order valence-electron chi connectivity index (χ4n) is 9.56. The highest BCUT2D eigenvalue weighted by molar-refractivity contribution is 7.92. The maximum Gasteiger partial charge on any atom is 0.306 e. The Bertz CT molecular complexity index is 2480. The van der Waals surface area contributed by atoms with Crippen LogP contribution in [-0.4, -0.2) is 83.6 Å². The van der Waals surface area contributed by atoms with E-state index in [2.05, 4.69) is 31.2 Å².